The molecule has 100 valence electrons. The number of Topliss-reactive ketones (excluding diaryl/α,β-unsaturated/α-hetero) is 1. The predicted molar refractivity (Wildman–Crippen MR) is 61.3 cm³/mol. The van der Waals surface area contributed by atoms with E-state index in [1.165, 1.54) is 25.3 Å². The highest BCUT2D eigenvalue weighted by Crippen LogP contribution is 2.31. The Morgan fingerprint density at radius 2 is 2.11 bits per heavy atom. The van der Waals surface area contributed by atoms with Crippen LogP contribution in [0, 0.1) is 0 Å². The summed E-state index contributed by atoms with van der Waals surface area (Å²) in [6, 6.07) is 4.69. The maximum atomic E-state index is 12.6. The summed E-state index contributed by atoms with van der Waals surface area (Å²) in [6.45, 7) is 1.40. The largest absolute Gasteiger partial charge is 0.441 e. The molecule has 1 aromatic carbocycles. The van der Waals surface area contributed by atoms with E-state index in [9.17, 15) is 18.0 Å². The molecule has 2 rings (SSSR count). The van der Waals surface area contributed by atoms with Crippen LogP contribution in [0.5, 0.6) is 0 Å². The van der Waals surface area contributed by atoms with Crippen molar-refractivity contribution in [3.63, 3.8) is 0 Å². The number of halogens is 3. The molecule has 0 fully saturated rings. The molecule has 0 saturated heterocycles. The molecule has 0 aliphatic carbocycles. The minimum atomic E-state index is -4.41. The summed E-state index contributed by atoms with van der Waals surface area (Å²) >= 11 is 0. The molecule has 3 nitrogen and oxygen atoms in total. The van der Waals surface area contributed by atoms with Gasteiger partial charge >= 0.3 is 6.18 Å². The summed E-state index contributed by atoms with van der Waals surface area (Å²) in [5.41, 5.74) is -0.541. The highest BCUT2D eigenvalue weighted by Gasteiger charge is 2.30. The van der Waals surface area contributed by atoms with Crippen molar-refractivity contribution >= 4 is 5.78 Å². The van der Waals surface area contributed by atoms with E-state index in [-0.39, 0.29) is 23.7 Å². The van der Waals surface area contributed by atoms with Crippen LogP contribution in [0.1, 0.15) is 18.2 Å². The van der Waals surface area contributed by atoms with Gasteiger partial charge in [0, 0.05) is 5.56 Å². The van der Waals surface area contributed by atoms with Gasteiger partial charge in [-0.2, -0.15) is 13.2 Å². The van der Waals surface area contributed by atoms with E-state index < -0.39 is 11.7 Å². The number of alkyl halides is 3. The van der Waals surface area contributed by atoms with E-state index in [0.717, 1.165) is 12.1 Å². The topological polar surface area (TPSA) is 43.1 Å². The Morgan fingerprint density at radius 3 is 2.74 bits per heavy atom. The monoisotopic (exact) mass is 269 g/mol. The fraction of sp³-hybridized carbons (Fsp3) is 0.231. The Hall–Kier alpha value is -2.11. The van der Waals surface area contributed by atoms with Crippen LogP contribution in [0.25, 0.3) is 11.5 Å². The van der Waals surface area contributed by atoms with Crippen molar-refractivity contribution in [1.29, 1.82) is 0 Å². The molecule has 6 heteroatoms. The average Bonchev–Trinajstić information content (AvgIpc) is 2.76. The minimum absolute atomic E-state index is 0.0716. The van der Waals surface area contributed by atoms with Crippen LogP contribution in [-0.4, -0.2) is 10.8 Å². The number of ketones is 1. The SMILES string of the molecule is CC(=O)Cc1cnc(-c2cccc(C(F)(F)F)c2)o1. The number of oxazole rings is 1. The third-order valence-corrected chi connectivity index (χ3v) is 2.41. The maximum Gasteiger partial charge on any atom is 0.416 e. The first-order valence-corrected chi connectivity index (χ1v) is 5.48. The van der Waals surface area contributed by atoms with Gasteiger partial charge in [0.2, 0.25) is 5.89 Å². The molecular formula is C13H10F3NO2. The van der Waals surface area contributed by atoms with Gasteiger partial charge in [0.15, 0.2) is 0 Å². The lowest BCUT2D eigenvalue weighted by molar-refractivity contribution is -0.137. The molecule has 0 N–H and O–H groups in total. The highest BCUT2D eigenvalue weighted by atomic mass is 19.4. The van der Waals surface area contributed by atoms with E-state index in [0.29, 0.717) is 5.76 Å². The molecule has 0 spiro atoms. The summed E-state index contributed by atoms with van der Waals surface area (Å²) in [5.74, 6) is 0.300. The standard InChI is InChI=1S/C13H10F3NO2/c1-8(18)5-11-7-17-12(19-11)9-3-2-4-10(6-9)13(14,15)16/h2-4,6-7H,5H2,1H3. The molecule has 1 heterocycles. The number of benzene rings is 1. The Bertz CT molecular complexity index is 602. The van der Waals surface area contributed by atoms with Gasteiger partial charge in [0.05, 0.1) is 18.2 Å². The second kappa shape index (κ2) is 4.87. The number of aromatic nitrogens is 1. The summed E-state index contributed by atoms with van der Waals surface area (Å²) in [4.78, 5) is 14.8. The minimum Gasteiger partial charge on any atom is -0.441 e. The summed E-state index contributed by atoms with van der Waals surface area (Å²) in [7, 11) is 0. The molecule has 0 radical (unpaired) electrons. The van der Waals surface area contributed by atoms with Gasteiger partial charge in [-0.25, -0.2) is 4.98 Å². The quantitative estimate of drug-likeness (QED) is 0.856. The zero-order valence-electron chi connectivity index (χ0n) is 9.99. The Balaban J connectivity index is 2.32. The van der Waals surface area contributed by atoms with Crippen molar-refractivity contribution in [2.45, 2.75) is 19.5 Å². The first-order chi connectivity index (χ1) is 8.86. The van der Waals surface area contributed by atoms with Crippen LogP contribution in [0.15, 0.2) is 34.9 Å². The predicted octanol–water partition coefficient (Wildman–Crippen LogP) is 3.49. The van der Waals surface area contributed by atoms with E-state index in [1.54, 1.807) is 0 Å². The third kappa shape index (κ3) is 3.21. The van der Waals surface area contributed by atoms with Crippen LogP contribution in [0.3, 0.4) is 0 Å². The lowest BCUT2D eigenvalue weighted by Crippen LogP contribution is -2.04. The third-order valence-electron chi connectivity index (χ3n) is 2.41. The Morgan fingerprint density at radius 1 is 1.37 bits per heavy atom. The van der Waals surface area contributed by atoms with Crippen molar-refractivity contribution in [3.05, 3.63) is 41.8 Å². The second-order valence-electron chi connectivity index (χ2n) is 4.09. The fourth-order valence-corrected chi connectivity index (χ4v) is 1.60. The van der Waals surface area contributed by atoms with E-state index in [2.05, 4.69) is 4.98 Å². The zero-order chi connectivity index (χ0) is 14.0. The van der Waals surface area contributed by atoms with Crippen molar-refractivity contribution < 1.29 is 22.4 Å². The lowest BCUT2D eigenvalue weighted by atomic mass is 10.1. The summed E-state index contributed by atoms with van der Waals surface area (Å²) in [6.07, 6.45) is -2.99. The Labute approximate surface area is 107 Å². The van der Waals surface area contributed by atoms with Crippen molar-refractivity contribution in [1.82, 2.24) is 4.98 Å². The summed E-state index contributed by atoms with van der Waals surface area (Å²) < 4.78 is 42.9. The highest BCUT2D eigenvalue weighted by molar-refractivity contribution is 5.77. The number of nitrogens with zero attached hydrogens (tertiary/aromatic N) is 1. The van der Waals surface area contributed by atoms with Gasteiger partial charge < -0.3 is 4.42 Å². The number of carbonyl (C=O) groups excluding carboxylic acids is 1. The molecule has 0 saturated carbocycles. The van der Waals surface area contributed by atoms with Crippen LogP contribution in [0.4, 0.5) is 13.2 Å². The Kier molecular flexibility index (Phi) is 3.42. The van der Waals surface area contributed by atoms with Gasteiger partial charge in [0.25, 0.3) is 0 Å². The molecule has 0 bridgehead atoms. The number of rotatable bonds is 3. The molecule has 2 aromatic rings. The van der Waals surface area contributed by atoms with Gasteiger partial charge in [-0.1, -0.05) is 6.07 Å². The summed E-state index contributed by atoms with van der Waals surface area (Å²) in [5, 5.41) is 0. The van der Waals surface area contributed by atoms with Gasteiger partial charge in [-0.15, -0.1) is 0 Å². The van der Waals surface area contributed by atoms with Gasteiger partial charge in [0.1, 0.15) is 11.5 Å². The first kappa shape index (κ1) is 13.3. The normalized spacial score (nSPS) is 11.6. The van der Waals surface area contributed by atoms with Crippen LogP contribution >= 0.6 is 0 Å². The fourth-order valence-electron chi connectivity index (χ4n) is 1.60. The first-order valence-electron chi connectivity index (χ1n) is 5.48. The van der Waals surface area contributed by atoms with Crippen molar-refractivity contribution in [2.24, 2.45) is 0 Å². The maximum absolute atomic E-state index is 12.6. The van der Waals surface area contributed by atoms with Gasteiger partial charge in [-0.3, -0.25) is 4.79 Å². The van der Waals surface area contributed by atoms with Gasteiger partial charge in [-0.05, 0) is 25.1 Å². The number of hydrogen-bond donors (Lipinski definition) is 0. The van der Waals surface area contributed by atoms with E-state index >= 15 is 0 Å². The molecule has 1 aromatic heterocycles. The van der Waals surface area contributed by atoms with E-state index in [4.69, 9.17) is 4.42 Å². The molecule has 0 unspecified atom stereocenters. The van der Waals surface area contributed by atoms with Crippen molar-refractivity contribution in [2.75, 3.05) is 0 Å². The number of carbonyl (C=O) groups is 1. The van der Waals surface area contributed by atoms with Crippen LogP contribution in [-0.2, 0) is 17.4 Å². The van der Waals surface area contributed by atoms with Crippen LogP contribution in [0.2, 0.25) is 0 Å². The van der Waals surface area contributed by atoms with Crippen molar-refractivity contribution in [3.8, 4) is 11.5 Å². The molecule has 0 aliphatic rings. The molecule has 19 heavy (non-hydrogen) atoms. The zero-order valence-corrected chi connectivity index (χ0v) is 9.99. The van der Waals surface area contributed by atoms with E-state index in [1.807, 2.05) is 0 Å². The van der Waals surface area contributed by atoms with Crippen LogP contribution < -0.4 is 0 Å². The molecule has 0 atom stereocenters. The smallest absolute Gasteiger partial charge is 0.416 e. The second-order valence-corrected chi connectivity index (χ2v) is 4.09. The molecule has 0 aliphatic heterocycles. The lowest BCUT2D eigenvalue weighted by Gasteiger charge is -2.06. The molecular weight excluding hydrogens is 259 g/mol. The average molecular weight is 269 g/mol. The number of hydrogen-bond acceptors (Lipinski definition) is 3. The molecule has 0 amide bonds.